The first-order valence-corrected chi connectivity index (χ1v) is 9.65. The van der Waals surface area contributed by atoms with Gasteiger partial charge in [0.15, 0.2) is 0 Å². The van der Waals surface area contributed by atoms with Crippen LogP contribution in [-0.4, -0.2) is 63.4 Å². The van der Waals surface area contributed by atoms with Gasteiger partial charge in [-0.1, -0.05) is 12.1 Å². The molecule has 1 saturated heterocycles. The maximum Gasteiger partial charge on any atom is 0.274 e. The molecule has 0 atom stereocenters. The van der Waals surface area contributed by atoms with E-state index in [4.69, 9.17) is 9.47 Å². The smallest absolute Gasteiger partial charge is 0.274 e. The van der Waals surface area contributed by atoms with Crippen molar-refractivity contribution in [1.82, 2.24) is 10.3 Å². The van der Waals surface area contributed by atoms with Crippen molar-refractivity contribution < 1.29 is 19.1 Å². The Morgan fingerprint density at radius 1 is 1.17 bits per heavy atom. The van der Waals surface area contributed by atoms with Crippen LogP contribution in [0.5, 0.6) is 0 Å². The summed E-state index contributed by atoms with van der Waals surface area (Å²) in [6.45, 7) is 3.93. The maximum atomic E-state index is 12.8. The first kappa shape index (κ1) is 20.8. The van der Waals surface area contributed by atoms with Crippen LogP contribution in [0.2, 0.25) is 0 Å². The number of amides is 2. The highest BCUT2D eigenvalue weighted by Crippen LogP contribution is 2.26. The average Bonchev–Trinajstić information content (AvgIpc) is 2.77. The predicted octanol–water partition coefficient (Wildman–Crippen LogP) is 1.94. The number of hydrogen-bond acceptors (Lipinski definition) is 6. The standard InChI is InChI=1S/C21H26N4O4/c1-28-12-4-8-23-20(26)16-7-9-22-18(15-16)21(27)24-17-5-2-3-6-19(17)25-10-13-29-14-11-25/h2-3,5-7,9,15H,4,8,10-14H2,1H3,(H,23,26)(H,24,27). The summed E-state index contributed by atoms with van der Waals surface area (Å²) in [5.74, 6) is -0.606. The number of nitrogens with one attached hydrogen (secondary N) is 2. The predicted molar refractivity (Wildman–Crippen MR) is 110 cm³/mol. The number of benzene rings is 1. The molecule has 0 saturated carbocycles. The maximum absolute atomic E-state index is 12.8. The minimum absolute atomic E-state index is 0.186. The van der Waals surface area contributed by atoms with Gasteiger partial charge in [0.2, 0.25) is 0 Å². The van der Waals surface area contributed by atoms with E-state index in [0.717, 1.165) is 25.2 Å². The third-order valence-corrected chi connectivity index (χ3v) is 4.57. The number of nitrogens with zero attached hydrogens (tertiary/aromatic N) is 2. The molecule has 0 aliphatic carbocycles. The third kappa shape index (κ3) is 5.75. The molecule has 3 rings (SSSR count). The van der Waals surface area contributed by atoms with Crippen molar-refractivity contribution in [2.24, 2.45) is 0 Å². The van der Waals surface area contributed by atoms with Crippen LogP contribution in [0.25, 0.3) is 0 Å². The van der Waals surface area contributed by atoms with Crippen LogP contribution in [0, 0.1) is 0 Å². The summed E-state index contributed by atoms with van der Waals surface area (Å²) in [7, 11) is 1.62. The molecule has 0 spiro atoms. The van der Waals surface area contributed by atoms with Gasteiger partial charge in [-0.05, 0) is 30.7 Å². The van der Waals surface area contributed by atoms with E-state index in [2.05, 4.69) is 20.5 Å². The molecule has 1 aliphatic heterocycles. The SMILES string of the molecule is COCCCNC(=O)c1ccnc(C(=O)Nc2ccccc2N2CCOCC2)c1. The van der Waals surface area contributed by atoms with Gasteiger partial charge in [0, 0.05) is 45.1 Å². The zero-order valence-electron chi connectivity index (χ0n) is 16.5. The zero-order chi connectivity index (χ0) is 20.5. The second kappa shape index (κ2) is 10.5. The van der Waals surface area contributed by atoms with Gasteiger partial charge in [0.05, 0.1) is 24.6 Å². The molecular formula is C21H26N4O4. The van der Waals surface area contributed by atoms with Crippen molar-refractivity contribution in [3.8, 4) is 0 Å². The molecule has 1 aromatic heterocycles. The molecule has 0 unspecified atom stereocenters. The first-order chi connectivity index (χ1) is 14.2. The Morgan fingerprint density at radius 3 is 2.76 bits per heavy atom. The highest BCUT2D eigenvalue weighted by Gasteiger charge is 2.17. The van der Waals surface area contributed by atoms with E-state index in [1.807, 2.05) is 24.3 Å². The van der Waals surface area contributed by atoms with E-state index in [1.165, 1.54) is 12.3 Å². The molecule has 29 heavy (non-hydrogen) atoms. The van der Waals surface area contributed by atoms with E-state index in [1.54, 1.807) is 13.2 Å². The number of para-hydroxylation sites is 2. The molecule has 8 nitrogen and oxygen atoms in total. The van der Waals surface area contributed by atoms with Crippen molar-refractivity contribution in [2.45, 2.75) is 6.42 Å². The van der Waals surface area contributed by atoms with Crippen molar-refractivity contribution in [2.75, 3.05) is 56.8 Å². The lowest BCUT2D eigenvalue weighted by molar-refractivity contribution is 0.0948. The lowest BCUT2D eigenvalue weighted by Crippen LogP contribution is -2.36. The average molecular weight is 398 g/mol. The van der Waals surface area contributed by atoms with Gasteiger partial charge < -0.3 is 25.0 Å². The van der Waals surface area contributed by atoms with Gasteiger partial charge in [0.25, 0.3) is 11.8 Å². The molecule has 2 amide bonds. The van der Waals surface area contributed by atoms with Crippen LogP contribution < -0.4 is 15.5 Å². The van der Waals surface area contributed by atoms with Gasteiger partial charge in [-0.25, -0.2) is 0 Å². The lowest BCUT2D eigenvalue weighted by atomic mass is 10.2. The monoisotopic (exact) mass is 398 g/mol. The zero-order valence-corrected chi connectivity index (χ0v) is 16.5. The Labute approximate surface area is 170 Å². The fraction of sp³-hybridized carbons (Fsp3) is 0.381. The van der Waals surface area contributed by atoms with Crippen LogP contribution in [0.4, 0.5) is 11.4 Å². The molecule has 0 bridgehead atoms. The summed E-state index contributed by atoms with van der Waals surface area (Å²) in [6, 6.07) is 10.7. The van der Waals surface area contributed by atoms with Crippen LogP contribution in [0.3, 0.4) is 0 Å². The van der Waals surface area contributed by atoms with Gasteiger partial charge in [-0.3, -0.25) is 14.6 Å². The van der Waals surface area contributed by atoms with E-state index in [9.17, 15) is 9.59 Å². The number of aromatic nitrogens is 1. The second-order valence-corrected chi connectivity index (χ2v) is 6.60. The third-order valence-electron chi connectivity index (χ3n) is 4.57. The Bertz CT molecular complexity index is 837. The first-order valence-electron chi connectivity index (χ1n) is 9.65. The van der Waals surface area contributed by atoms with Gasteiger partial charge in [-0.15, -0.1) is 0 Å². The number of hydrogen-bond donors (Lipinski definition) is 2. The van der Waals surface area contributed by atoms with Crippen molar-refractivity contribution in [3.05, 3.63) is 53.9 Å². The minimum atomic E-state index is -0.361. The summed E-state index contributed by atoms with van der Waals surface area (Å²) in [4.78, 5) is 31.3. The Kier molecular flexibility index (Phi) is 7.54. The highest BCUT2D eigenvalue weighted by atomic mass is 16.5. The number of methoxy groups -OCH3 is 1. The summed E-state index contributed by atoms with van der Waals surface area (Å²) in [5.41, 5.74) is 2.22. The summed E-state index contributed by atoms with van der Waals surface area (Å²) >= 11 is 0. The van der Waals surface area contributed by atoms with Crippen molar-refractivity contribution in [3.63, 3.8) is 0 Å². The summed E-state index contributed by atoms with van der Waals surface area (Å²) in [6.07, 6.45) is 2.19. The topological polar surface area (TPSA) is 92.8 Å². The van der Waals surface area contributed by atoms with E-state index >= 15 is 0 Å². The fourth-order valence-corrected chi connectivity index (χ4v) is 3.06. The number of morpholine rings is 1. The molecule has 154 valence electrons. The van der Waals surface area contributed by atoms with Crippen LogP contribution >= 0.6 is 0 Å². The molecule has 0 radical (unpaired) electrons. The molecular weight excluding hydrogens is 372 g/mol. The van der Waals surface area contributed by atoms with Crippen LogP contribution in [-0.2, 0) is 9.47 Å². The quantitative estimate of drug-likeness (QED) is 0.660. The van der Waals surface area contributed by atoms with Crippen LogP contribution in [0.1, 0.15) is 27.3 Å². The number of carbonyl (C=O) groups excluding carboxylic acids is 2. The number of ether oxygens (including phenoxy) is 2. The van der Waals surface area contributed by atoms with Crippen molar-refractivity contribution in [1.29, 1.82) is 0 Å². The normalized spacial score (nSPS) is 13.8. The van der Waals surface area contributed by atoms with Crippen molar-refractivity contribution >= 4 is 23.2 Å². The molecule has 8 heteroatoms. The minimum Gasteiger partial charge on any atom is -0.385 e. The van der Waals surface area contributed by atoms with Gasteiger partial charge >= 0.3 is 0 Å². The second-order valence-electron chi connectivity index (χ2n) is 6.60. The number of carbonyl (C=O) groups is 2. The molecule has 2 aromatic rings. The Balaban J connectivity index is 1.68. The lowest BCUT2D eigenvalue weighted by Gasteiger charge is -2.30. The molecule has 1 aromatic carbocycles. The van der Waals surface area contributed by atoms with E-state index in [-0.39, 0.29) is 17.5 Å². The largest absolute Gasteiger partial charge is 0.385 e. The fourth-order valence-electron chi connectivity index (χ4n) is 3.06. The Morgan fingerprint density at radius 2 is 1.97 bits per heavy atom. The molecule has 2 N–H and O–H groups in total. The molecule has 2 heterocycles. The highest BCUT2D eigenvalue weighted by molar-refractivity contribution is 6.06. The number of pyridine rings is 1. The molecule has 1 fully saturated rings. The number of rotatable bonds is 8. The Hall–Kier alpha value is -2.97. The van der Waals surface area contributed by atoms with Gasteiger partial charge in [-0.2, -0.15) is 0 Å². The van der Waals surface area contributed by atoms with Crippen LogP contribution in [0.15, 0.2) is 42.6 Å². The summed E-state index contributed by atoms with van der Waals surface area (Å²) in [5, 5.41) is 5.72. The number of anilines is 2. The summed E-state index contributed by atoms with van der Waals surface area (Å²) < 4.78 is 10.4. The van der Waals surface area contributed by atoms with Gasteiger partial charge in [0.1, 0.15) is 5.69 Å². The van der Waals surface area contributed by atoms with E-state index < -0.39 is 0 Å². The molecule has 1 aliphatic rings. The van der Waals surface area contributed by atoms with E-state index in [0.29, 0.717) is 37.6 Å².